The maximum absolute atomic E-state index is 12.5. The molecule has 23 heavy (non-hydrogen) atoms. The fraction of sp³-hybridized carbons (Fsp3) is 0.316. The molecular formula is C19H21NO3. The second-order valence-electron chi connectivity index (χ2n) is 5.58. The summed E-state index contributed by atoms with van der Waals surface area (Å²) in [5.41, 5.74) is 3.31. The average Bonchev–Trinajstić information content (AvgIpc) is 3.02. The van der Waals surface area contributed by atoms with Gasteiger partial charge in [-0.3, -0.25) is 4.79 Å². The summed E-state index contributed by atoms with van der Waals surface area (Å²) >= 11 is 0. The van der Waals surface area contributed by atoms with Crippen LogP contribution in [0.2, 0.25) is 0 Å². The van der Waals surface area contributed by atoms with Gasteiger partial charge in [0.25, 0.3) is 5.91 Å². The maximum atomic E-state index is 12.5. The summed E-state index contributed by atoms with van der Waals surface area (Å²) in [6.07, 6.45) is 1.80. The van der Waals surface area contributed by atoms with E-state index in [1.54, 1.807) is 12.0 Å². The summed E-state index contributed by atoms with van der Waals surface area (Å²) in [5, 5.41) is 0. The van der Waals surface area contributed by atoms with Crippen LogP contribution in [-0.4, -0.2) is 26.2 Å². The Balaban J connectivity index is 1.66. The van der Waals surface area contributed by atoms with Crippen LogP contribution >= 0.6 is 0 Å². The Morgan fingerprint density at radius 3 is 2.83 bits per heavy atom. The number of hydrogen-bond donors (Lipinski definition) is 0. The fourth-order valence-corrected chi connectivity index (χ4v) is 2.84. The van der Waals surface area contributed by atoms with E-state index >= 15 is 0 Å². The summed E-state index contributed by atoms with van der Waals surface area (Å²) < 4.78 is 10.9. The van der Waals surface area contributed by atoms with E-state index in [4.69, 9.17) is 9.47 Å². The third-order valence-corrected chi connectivity index (χ3v) is 4.15. The van der Waals surface area contributed by atoms with E-state index in [9.17, 15) is 4.79 Å². The van der Waals surface area contributed by atoms with Gasteiger partial charge >= 0.3 is 0 Å². The molecular weight excluding hydrogens is 290 g/mol. The van der Waals surface area contributed by atoms with Gasteiger partial charge in [0.05, 0.1) is 7.11 Å². The Morgan fingerprint density at radius 2 is 2.04 bits per heavy atom. The predicted octanol–water partition coefficient (Wildman–Crippen LogP) is 3.23. The summed E-state index contributed by atoms with van der Waals surface area (Å²) in [5.74, 6) is 1.55. The molecule has 4 nitrogen and oxygen atoms in total. The van der Waals surface area contributed by atoms with Gasteiger partial charge in [-0.1, -0.05) is 19.1 Å². The minimum Gasteiger partial charge on any atom is -0.497 e. The first-order chi connectivity index (χ1) is 11.2. The molecule has 1 heterocycles. The van der Waals surface area contributed by atoms with E-state index in [-0.39, 0.29) is 12.5 Å². The summed E-state index contributed by atoms with van der Waals surface area (Å²) in [7, 11) is 1.65. The quantitative estimate of drug-likeness (QED) is 0.851. The van der Waals surface area contributed by atoms with Crippen molar-refractivity contribution < 1.29 is 14.3 Å². The van der Waals surface area contributed by atoms with Crippen LogP contribution in [0.25, 0.3) is 0 Å². The Bertz CT molecular complexity index is 712. The molecule has 0 bridgehead atoms. The number of hydrogen-bond acceptors (Lipinski definition) is 3. The zero-order valence-electron chi connectivity index (χ0n) is 13.5. The normalized spacial score (nSPS) is 12.9. The van der Waals surface area contributed by atoms with Gasteiger partial charge in [0.2, 0.25) is 0 Å². The lowest BCUT2D eigenvalue weighted by atomic mass is 10.1. The van der Waals surface area contributed by atoms with Crippen LogP contribution in [0, 0.1) is 0 Å². The van der Waals surface area contributed by atoms with Gasteiger partial charge in [0.15, 0.2) is 6.61 Å². The van der Waals surface area contributed by atoms with Gasteiger partial charge in [0.1, 0.15) is 11.5 Å². The van der Waals surface area contributed by atoms with Gasteiger partial charge < -0.3 is 14.4 Å². The van der Waals surface area contributed by atoms with Crippen molar-refractivity contribution in [3.63, 3.8) is 0 Å². The minimum atomic E-state index is -0.0178. The second kappa shape index (κ2) is 6.73. The first-order valence-electron chi connectivity index (χ1n) is 7.90. The molecule has 120 valence electrons. The molecule has 0 aromatic heterocycles. The molecule has 0 saturated carbocycles. The number of rotatable bonds is 5. The van der Waals surface area contributed by atoms with E-state index < -0.39 is 0 Å². The summed E-state index contributed by atoms with van der Waals surface area (Å²) in [6.45, 7) is 2.85. The highest BCUT2D eigenvalue weighted by Gasteiger charge is 2.25. The van der Waals surface area contributed by atoms with Gasteiger partial charge in [-0.2, -0.15) is 0 Å². The number of benzene rings is 2. The standard InChI is InChI=1S/C19H21NO3/c1-3-14-5-4-6-17(11-14)23-13-19(21)20-10-9-15-12-16(22-2)7-8-18(15)20/h4-8,11-12H,3,9-10,13H2,1-2H3. The van der Waals surface area contributed by atoms with Gasteiger partial charge in [-0.25, -0.2) is 0 Å². The molecule has 0 saturated heterocycles. The lowest BCUT2D eigenvalue weighted by Gasteiger charge is -2.18. The number of anilines is 1. The van der Waals surface area contributed by atoms with E-state index in [1.165, 1.54) is 5.56 Å². The lowest BCUT2D eigenvalue weighted by Crippen LogP contribution is -2.33. The molecule has 0 fully saturated rings. The van der Waals surface area contributed by atoms with Crippen LogP contribution in [0.4, 0.5) is 5.69 Å². The van der Waals surface area contributed by atoms with Gasteiger partial charge in [-0.05, 0) is 54.3 Å². The molecule has 0 unspecified atom stereocenters. The Kier molecular flexibility index (Phi) is 4.51. The molecule has 4 heteroatoms. The van der Waals surface area contributed by atoms with Crippen molar-refractivity contribution in [3.8, 4) is 11.5 Å². The van der Waals surface area contributed by atoms with Crippen molar-refractivity contribution in [2.45, 2.75) is 19.8 Å². The van der Waals surface area contributed by atoms with Crippen molar-refractivity contribution in [2.75, 3.05) is 25.2 Å². The minimum absolute atomic E-state index is 0.0178. The van der Waals surface area contributed by atoms with E-state index in [0.717, 1.165) is 35.6 Å². The number of nitrogens with zero attached hydrogens (tertiary/aromatic N) is 1. The van der Waals surface area contributed by atoms with Crippen molar-refractivity contribution in [2.24, 2.45) is 0 Å². The highest BCUT2D eigenvalue weighted by molar-refractivity contribution is 5.96. The number of amides is 1. The molecule has 0 N–H and O–H groups in total. The monoisotopic (exact) mass is 311 g/mol. The highest BCUT2D eigenvalue weighted by Crippen LogP contribution is 2.31. The van der Waals surface area contributed by atoms with Crippen LogP contribution in [0.3, 0.4) is 0 Å². The van der Waals surface area contributed by atoms with Gasteiger partial charge in [-0.15, -0.1) is 0 Å². The Labute approximate surface area is 136 Å². The van der Waals surface area contributed by atoms with Crippen molar-refractivity contribution in [1.82, 2.24) is 0 Å². The van der Waals surface area contributed by atoms with E-state index in [0.29, 0.717) is 6.54 Å². The molecule has 0 aliphatic carbocycles. The number of carbonyl (C=O) groups excluding carboxylic acids is 1. The van der Waals surface area contributed by atoms with Crippen molar-refractivity contribution in [3.05, 3.63) is 53.6 Å². The first-order valence-corrected chi connectivity index (χ1v) is 7.90. The highest BCUT2D eigenvalue weighted by atomic mass is 16.5. The number of aryl methyl sites for hydroxylation is 1. The number of methoxy groups -OCH3 is 1. The van der Waals surface area contributed by atoms with E-state index in [2.05, 4.69) is 13.0 Å². The molecule has 0 atom stereocenters. The largest absolute Gasteiger partial charge is 0.497 e. The molecule has 2 aromatic carbocycles. The third-order valence-electron chi connectivity index (χ3n) is 4.15. The van der Waals surface area contributed by atoms with Crippen LogP contribution in [0.1, 0.15) is 18.1 Å². The molecule has 0 spiro atoms. The smallest absolute Gasteiger partial charge is 0.264 e. The third kappa shape index (κ3) is 3.31. The van der Waals surface area contributed by atoms with Crippen molar-refractivity contribution in [1.29, 1.82) is 0 Å². The van der Waals surface area contributed by atoms with Crippen LogP contribution in [0.5, 0.6) is 11.5 Å². The molecule has 1 aliphatic rings. The fourth-order valence-electron chi connectivity index (χ4n) is 2.84. The Morgan fingerprint density at radius 1 is 1.17 bits per heavy atom. The summed E-state index contributed by atoms with van der Waals surface area (Å²) in [6, 6.07) is 13.7. The van der Waals surface area contributed by atoms with Crippen LogP contribution < -0.4 is 14.4 Å². The zero-order valence-corrected chi connectivity index (χ0v) is 13.5. The number of fused-ring (bicyclic) bond motifs is 1. The van der Waals surface area contributed by atoms with E-state index in [1.807, 2.05) is 36.4 Å². The molecule has 1 aliphatic heterocycles. The van der Waals surface area contributed by atoms with Crippen LogP contribution in [-0.2, 0) is 17.6 Å². The number of ether oxygens (including phenoxy) is 2. The topological polar surface area (TPSA) is 38.8 Å². The van der Waals surface area contributed by atoms with Gasteiger partial charge in [0, 0.05) is 12.2 Å². The first kappa shape index (κ1) is 15.4. The molecule has 0 radical (unpaired) electrons. The molecule has 2 aromatic rings. The average molecular weight is 311 g/mol. The second-order valence-corrected chi connectivity index (χ2v) is 5.58. The lowest BCUT2D eigenvalue weighted by molar-refractivity contribution is -0.120. The maximum Gasteiger partial charge on any atom is 0.264 e. The number of carbonyl (C=O) groups is 1. The van der Waals surface area contributed by atoms with Crippen molar-refractivity contribution >= 4 is 11.6 Å². The molecule has 3 rings (SSSR count). The summed E-state index contributed by atoms with van der Waals surface area (Å²) in [4.78, 5) is 14.3. The zero-order chi connectivity index (χ0) is 16.2. The SMILES string of the molecule is CCc1cccc(OCC(=O)N2CCc3cc(OC)ccc32)c1. The predicted molar refractivity (Wildman–Crippen MR) is 90.4 cm³/mol. The van der Waals surface area contributed by atoms with Crippen LogP contribution in [0.15, 0.2) is 42.5 Å². The molecule has 1 amide bonds. The Hall–Kier alpha value is -2.49.